The van der Waals surface area contributed by atoms with E-state index in [1.54, 1.807) is 48.5 Å². The van der Waals surface area contributed by atoms with Crippen molar-refractivity contribution in [2.75, 3.05) is 13.7 Å². The lowest BCUT2D eigenvalue weighted by Crippen LogP contribution is -2.11. The number of nitriles is 1. The molecule has 0 unspecified atom stereocenters. The Morgan fingerprint density at radius 2 is 1.70 bits per heavy atom. The summed E-state index contributed by atoms with van der Waals surface area (Å²) >= 11 is 0. The van der Waals surface area contributed by atoms with Crippen LogP contribution in [0, 0.1) is 11.3 Å². The van der Waals surface area contributed by atoms with Crippen molar-refractivity contribution in [2.45, 2.75) is 6.92 Å². The summed E-state index contributed by atoms with van der Waals surface area (Å²) in [4.78, 5) is 12.7. The Morgan fingerprint density at radius 3 is 2.40 bits per heavy atom. The molecule has 0 saturated carbocycles. The number of carbonyl (C=O) groups is 1. The van der Waals surface area contributed by atoms with E-state index in [4.69, 9.17) is 14.2 Å². The minimum absolute atomic E-state index is 0.282. The van der Waals surface area contributed by atoms with Crippen molar-refractivity contribution >= 4 is 17.6 Å². The van der Waals surface area contributed by atoms with E-state index in [0.29, 0.717) is 29.2 Å². The third-order valence-corrected chi connectivity index (χ3v) is 4.31. The van der Waals surface area contributed by atoms with Crippen LogP contribution in [-0.4, -0.2) is 19.7 Å². The molecule has 3 aromatic rings. The van der Waals surface area contributed by atoms with E-state index in [1.807, 2.05) is 37.3 Å². The molecule has 0 heterocycles. The number of nitrogens with zero attached hydrogens (tertiary/aromatic N) is 1. The summed E-state index contributed by atoms with van der Waals surface area (Å²) in [6.07, 6.45) is 1.76. The summed E-state index contributed by atoms with van der Waals surface area (Å²) in [6, 6.07) is 23.7. The van der Waals surface area contributed by atoms with Crippen molar-refractivity contribution in [3.63, 3.8) is 0 Å². The first kappa shape index (κ1) is 20.7. The third kappa shape index (κ3) is 4.86. The zero-order chi connectivity index (χ0) is 21.3. The predicted molar refractivity (Wildman–Crippen MR) is 115 cm³/mol. The molecule has 5 nitrogen and oxygen atoms in total. The molecule has 0 bridgehead atoms. The van der Waals surface area contributed by atoms with Crippen LogP contribution in [0.2, 0.25) is 0 Å². The number of hydrogen-bond acceptors (Lipinski definition) is 5. The van der Waals surface area contributed by atoms with E-state index >= 15 is 0 Å². The van der Waals surface area contributed by atoms with Crippen LogP contribution in [-0.2, 0) is 0 Å². The van der Waals surface area contributed by atoms with Gasteiger partial charge in [-0.05, 0) is 48.4 Å². The standard InChI is InChI=1S/C25H21NO4/c1-3-29-22-12-8-7-11-21(22)25(27)30-23-14-13-18(16-24(23)28-2)15-20(17-26)19-9-5-4-6-10-19/h4-16H,3H2,1-2H3. The average molecular weight is 399 g/mol. The first-order valence-electron chi connectivity index (χ1n) is 9.45. The quantitative estimate of drug-likeness (QED) is 0.231. The molecule has 150 valence electrons. The van der Waals surface area contributed by atoms with E-state index < -0.39 is 5.97 Å². The number of rotatable bonds is 7. The number of ether oxygens (including phenoxy) is 3. The molecule has 0 fully saturated rings. The molecule has 0 aliphatic carbocycles. The van der Waals surface area contributed by atoms with Gasteiger partial charge in [-0.3, -0.25) is 0 Å². The minimum Gasteiger partial charge on any atom is -0.493 e. The number of methoxy groups -OCH3 is 1. The van der Waals surface area contributed by atoms with Gasteiger partial charge in [0.1, 0.15) is 11.3 Å². The summed E-state index contributed by atoms with van der Waals surface area (Å²) in [5.74, 6) is 0.591. The first-order valence-corrected chi connectivity index (χ1v) is 9.45. The number of carbonyl (C=O) groups excluding carboxylic acids is 1. The van der Waals surface area contributed by atoms with Crippen molar-refractivity contribution in [3.8, 4) is 23.3 Å². The molecule has 30 heavy (non-hydrogen) atoms. The maximum absolute atomic E-state index is 12.7. The maximum Gasteiger partial charge on any atom is 0.347 e. The predicted octanol–water partition coefficient (Wildman–Crippen LogP) is 5.38. The molecule has 0 amide bonds. The van der Waals surface area contributed by atoms with Crippen LogP contribution in [0.25, 0.3) is 11.6 Å². The van der Waals surface area contributed by atoms with Crippen molar-refractivity contribution in [3.05, 3.63) is 89.5 Å². The number of esters is 1. The van der Waals surface area contributed by atoms with Crippen LogP contribution < -0.4 is 14.2 Å². The molecule has 3 rings (SSSR count). The van der Waals surface area contributed by atoms with Crippen molar-refractivity contribution < 1.29 is 19.0 Å². The van der Waals surface area contributed by atoms with Gasteiger partial charge < -0.3 is 14.2 Å². The second kappa shape index (κ2) is 9.94. The number of para-hydroxylation sites is 1. The average Bonchev–Trinajstić information content (AvgIpc) is 2.79. The fraction of sp³-hybridized carbons (Fsp3) is 0.120. The van der Waals surface area contributed by atoms with Gasteiger partial charge in [-0.15, -0.1) is 0 Å². The highest BCUT2D eigenvalue weighted by molar-refractivity contribution is 5.94. The third-order valence-electron chi connectivity index (χ3n) is 4.31. The normalized spacial score (nSPS) is 10.8. The van der Waals surface area contributed by atoms with Crippen LogP contribution in [0.5, 0.6) is 17.2 Å². The Labute approximate surface area is 175 Å². The molecule has 3 aromatic carbocycles. The van der Waals surface area contributed by atoms with Crippen LogP contribution in [0.1, 0.15) is 28.4 Å². The van der Waals surface area contributed by atoms with Gasteiger partial charge in [0.25, 0.3) is 0 Å². The summed E-state index contributed by atoms with van der Waals surface area (Å²) in [6.45, 7) is 2.29. The second-order valence-electron chi connectivity index (χ2n) is 6.26. The Bertz CT molecular complexity index is 1100. The van der Waals surface area contributed by atoms with Gasteiger partial charge in [-0.2, -0.15) is 5.26 Å². The van der Waals surface area contributed by atoms with E-state index in [1.165, 1.54) is 7.11 Å². The fourth-order valence-corrected chi connectivity index (χ4v) is 2.89. The van der Waals surface area contributed by atoms with Gasteiger partial charge in [-0.25, -0.2) is 4.79 Å². The largest absolute Gasteiger partial charge is 0.493 e. The van der Waals surface area contributed by atoms with Gasteiger partial charge in [0.05, 0.1) is 25.4 Å². The molecule has 0 saturated heterocycles. The maximum atomic E-state index is 12.7. The fourth-order valence-electron chi connectivity index (χ4n) is 2.89. The lowest BCUT2D eigenvalue weighted by molar-refractivity contribution is 0.0725. The van der Waals surface area contributed by atoms with Gasteiger partial charge in [0.15, 0.2) is 11.5 Å². The molecule has 5 heteroatoms. The molecule has 0 aliphatic rings. The van der Waals surface area contributed by atoms with Crippen molar-refractivity contribution in [1.29, 1.82) is 5.26 Å². The first-order chi connectivity index (χ1) is 14.7. The molecule has 0 aliphatic heterocycles. The molecule has 0 aromatic heterocycles. The van der Waals surface area contributed by atoms with Gasteiger partial charge in [0, 0.05) is 0 Å². The summed E-state index contributed by atoms with van der Waals surface area (Å²) in [5, 5.41) is 9.51. The minimum atomic E-state index is -0.539. The lowest BCUT2D eigenvalue weighted by Gasteiger charge is -2.12. The highest BCUT2D eigenvalue weighted by Gasteiger charge is 2.17. The molecule has 0 atom stereocenters. The zero-order valence-corrected chi connectivity index (χ0v) is 16.8. The number of hydrogen-bond donors (Lipinski definition) is 0. The van der Waals surface area contributed by atoms with E-state index in [0.717, 1.165) is 11.1 Å². The van der Waals surface area contributed by atoms with Crippen molar-refractivity contribution in [2.24, 2.45) is 0 Å². The lowest BCUT2D eigenvalue weighted by atomic mass is 10.0. The van der Waals surface area contributed by atoms with Gasteiger partial charge in [-0.1, -0.05) is 48.5 Å². The van der Waals surface area contributed by atoms with Gasteiger partial charge in [0.2, 0.25) is 0 Å². The van der Waals surface area contributed by atoms with E-state index in [9.17, 15) is 10.1 Å². The van der Waals surface area contributed by atoms with Crippen LogP contribution in [0.3, 0.4) is 0 Å². The SMILES string of the molecule is CCOc1ccccc1C(=O)Oc1ccc(C=C(C#N)c2ccccc2)cc1OC. The molecular weight excluding hydrogens is 378 g/mol. The molecule has 0 radical (unpaired) electrons. The number of benzene rings is 3. The Morgan fingerprint density at radius 1 is 0.967 bits per heavy atom. The van der Waals surface area contributed by atoms with Crippen LogP contribution >= 0.6 is 0 Å². The molecule has 0 N–H and O–H groups in total. The monoisotopic (exact) mass is 399 g/mol. The highest BCUT2D eigenvalue weighted by Crippen LogP contribution is 2.31. The summed E-state index contributed by atoms with van der Waals surface area (Å²) < 4.78 is 16.5. The Hall–Kier alpha value is -4.04. The van der Waals surface area contributed by atoms with Crippen LogP contribution in [0.15, 0.2) is 72.8 Å². The van der Waals surface area contributed by atoms with E-state index in [-0.39, 0.29) is 5.75 Å². The Kier molecular flexibility index (Phi) is 6.86. The van der Waals surface area contributed by atoms with Gasteiger partial charge >= 0.3 is 5.97 Å². The van der Waals surface area contributed by atoms with Crippen LogP contribution in [0.4, 0.5) is 0 Å². The molecule has 0 spiro atoms. The highest BCUT2D eigenvalue weighted by atomic mass is 16.6. The smallest absolute Gasteiger partial charge is 0.347 e. The van der Waals surface area contributed by atoms with E-state index in [2.05, 4.69) is 6.07 Å². The topological polar surface area (TPSA) is 68.5 Å². The number of allylic oxidation sites excluding steroid dienone is 1. The van der Waals surface area contributed by atoms with Crippen molar-refractivity contribution in [1.82, 2.24) is 0 Å². The Balaban J connectivity index is 1.87. The zero-order valence-electron chi connectivity index (χ0n) is 16.8. The second-order valence-corrected chi connectivity index (χ2v) is 6.26. The summed E-state index contributed by atoms with van der Waals surface area (Å²) in [5.41, 5.74) is 2.43. The summed E-state index contributed by atoms with van der Waals surface area (Å²) in [7, 11) is 1.50. The molecular formula is C25H21NO4.